The van der Waals surface area contributed by atoms with E-state index in [0.717, 1.165) is 55.1 Å². The first kappa shape index (κ1) is 30.2. The third-order valence-corrected chi connectivity index (χ3v) is 7.91. The van der Waals surface area contributed by atoms with Crippen molar-refractivity contribution < 1.29 is 18.0 Å². The van der Waals surface area contributed by atoms with Gasteiger partial charge in [0, 0.05) is 50.7 Å². The maximum Gasteiger partial charge on any atom is 0.433 e. The number of aromatic nitrogens is 3. The Kier molecular flexibility index (Phi) is 9.47. The largest absolute Gasteiger partial charge is 0.433 e. The van der Waals surface area contributed by atoms with Gasteiger partial charge in [0.1, 0.15) is 11.5 Å². The van der Waals surface area contributed by atoms with E-state index in [0.29, 0.717) is 35.9 Å². The number of amides is 1. The highest BCUT2D eigenvalue weighted by atomic mass is 19.4. The molecule has 0 aromatic carbocycles. The maximum absolute atomic E-state index is 13.1. The number of nitrogens with zero attached hydrogens (tertiary/aromatic N) is 5. The van der Waals surface area contributed by atoms with E-state index in [1.54, 1.807) is 19.2 Å². The lowest BCUT2D eigenvalue weighted by atomic mass is 9.99. The number of anilines is 2. The minimum Gasteiger partial charge on any atom is -0.384 e. The van der Waals surface area contributed by atoms with Gasteiger partial charge in [-0.05, 0) is 87.9 Å². The van der Waals surface area contributed by atoms with Crippen molar-refractivity contribution >= 4 is 17.4 Å². The Morgan fingerprint density at radius 3 is 2.49 bits per heavy atom. The molecule has 1 aliphatic heterocycles. The monoisotopic (exact) mass is 569 g/mol. The smallest absolute Gasteiger partial charge is 0.384 e. The standard InChI is InChI=1S/C30H38F3N7O/c1-19-7-11-35-16-23(19)18-40(25-5-6-26(37-17-25)30(31,32)33)24-9-13-39(14-10-24)21(3)8-12-36-29(41)28-20(2)15-27(34)38-22(28)4/h5-7,11,15-17,21,24H,8-10,12-14,18H2,1-4H3,(H2,34,38)(H,36,41)/t21-/m1/s1. The Hall–Kier alpha value is -3.73. The van der Waals surface area contributed by atoms with Gasteiger partial charge in [0.05, 0.1) is 23.1 Å². The van der Waals surface area contributed by atoms with Crippen molar-refractivity contribution in [2.24, 2.45) is 0 Å². The maximum atomic E-state index is 13.1. The van der Waals surface area contributed by atoms with Gasteiger partial charge in [0.15, 0.2) is 0 Å². The average Bonchev–Trinajstić information content (AvgIpc) is 2.92. The molecule has 3 aromatic heterocycles. The van der Waals surface area contributed by atoms with E-state index in [2.05, 4.69) is 37.0 Å². The minimum atomic E-state index is -4.48. The molecule has 4 heterocycles. The second-order valence-electron chi connectivity index (χ2n) is 10.8. The molecule has 1 atom stereocenters. The number of aryl methyl sites for hydroxylation is 3. The van der Waals surface area contributed by atoms with Crippen LogP contribution in [0.15, 0.2) is 42.9 Å². The van der Waals surface area contributed by atoms with Crippen LogP contribution < -0.4 is 16.0 Å². The van der Waals surface area contributed by atoms with Crippen LogP contribution in [0.4, 0.5) is 24.7 Å². The minimum absolute atomic E-state index is 0.139. The highest BCUT2D eigenvalue weighted by Crippen LogP contribution is 2.31. The summed E-state index contributed by atoms with van der Waals surface area (Å²) in [5.74, 6) is 0.252. The number of nitrogens with one attached hydrogen (secondary N) is 1. The second kappa shape index (κ2) is 12.8. The van der Waals surface area contributed by atoms with E-state index in [1.807, 2.05) is 26.1 Å². The van der Waals surface area contributed by atoms with Crippen LogP contribution in [0.25, 0.3) is 0 Å². The Morgan fingerprint density at radius 1 is 1.15 bits per heavy atom. The lowest BCUT2D eigenvalue weighted by Gasteiger charge is -2.42. The number of halogens is 3. The predicted molar refractivity (Wildman–Crippen MR) is 154 cm³/mol. The van der Waals surface area contributed by atoms with Crippen LogP contribution in [0.3, 0.4) is 0 Å². The lowest BCUT2D eigenvalue weighted by molar-refractivity contribution is -0.141. The molecule has 0 saturated carbocycles. The van der Waals surface area contributed by atoms with Gasteiger partial charge < -0.3 is 20.9 Å². The molecular weight excluding hydrogens is 531 g/mol. The molecule has 0 radical (unpaired) electrons. The van der Waals surface area contributed by atoms with Gasteiger partial charge in [0.25, 0.3) is 5.91 Å². The third kappa shape index (κ3) is 7.52. The topological polar surface area (TPSA) is 100 Å². The number of piperidine rings is 1. The molecule has 220 valence electrons. The van der Waals surface area contributed by atoms with Gasteiger partial charge in [-0.15, -0.1) is 0 Å². The van der Waals surface area contributed by atoms with E-state index in [4.69, 9.17) is 5.73 Å². The number of alkyl halides is 3. The number of nitrogen functional groups attached to an aromatic ring is 1. The third-order valence-electron chi connectivity index (χ3n) is 7.91. The van der Waals surface area contributed by atoms with Crippen molar-refractivity contribution in [3.8, 4) is 0 Å². The lowest BCUT2D eigenvalue weighted by Crippen LogP contribution is -2.48. The van der Waals surface area contributed by atoms with Crippen molar-refractivity contribution in [2.75, 3.05) is 30.3 Å². The number of likely N-dealkylation sites (tertiary alicyclic amines) is 1. The van der Waals surface area contributed by atoms with Crippen LogP contribution >= 0.6 is 0 Å². The van der Waals surface area contributed by atoms with Crippen LogP contribution in [0.2, 0.25) is 0 Å². The number of carbonyl (C=O) groups excluding carboxylic acids is 1. The number of hydrogen-bond donors (Lipinski definition) is 2. The van der Waals surface area contributed by atoms with Crippen molar-refractivity contribution in [3.63, 3.8) is 0 Å². The summed E-state index contributed by atoms with van der Waals surface area (Å²) >= 11 is 0. The Labute approximate surface area is 239 Å². The van der Waals surface area contributed by atoms with Gasteiger partial charge in [-0.3, -0.25) is 9.78 Å². The summed E-state index contributed by atoms with van der Waals surface area (Å²) < 4.78 is 39.4. The molecular formula is C30H38F3N7O. The highest BCUT2D eigenvalue weighted by Gasteiger charge is 2.33. The second-order valence-corrected chi connectivity index (χ2v) is 10.8. The van der Waals surface area contributed by atoms with Crippen LogP contribution in [0.1, 0.15) is 64.6 Å². The summed E-state index contributed by atoms with van der Waals surface area (Å²) in [5, 5.41) is 3.02. The number of hydrogen-bond acceptors (Lipinski definition) is 7. The SMILES string of the molecule is Cc1ccncc1CN(c1ccc(C(F)(F)F)nc1)C1CCN([C@H](C)CCNC(=O)c2c(C)cc(N)nc2C)CC1. The average molecular weight is 570 g/mol. The molecule has 4 rings (SSSR count). The molecule has 3 aromatic rings. The highest BCUT2D eigenvalue weighted by molar-refractivity contribution is 5.96. The molecule has 3 N–H and O–H groups in total. The predicted octanol–water partition coefficient (Wildman–Crippen LogP) is 5.08. The molecule has 8 nitrogen and oxygen atoms in total. The van der Waals surface area contributed by atoms with E-state index < -0.39 is 11.9 Å². The van der Waals surface area contributed by atoms with Crippen molar-refractivity contribution in [2.45, 2.75) is 71.8 Å². The molecule has 41 heavy (non-hydrogen) atoms. The molecule has 0 aliphatic carbocycles. The first-order valence-corrected chi connectivity index (χ1v) is 13.9. The zero-order valence-electron chi connectivity index (χ0n) is 24.0. The van der Waals surface area contributed by atoms with Crippen LogP contribution in [0.5, 0.6) is 0 Å². The molecule has 0 unspecified atom stereocenters. The van der Waals surface area contributed by atoms with Gasteiger partial charge >= 0.3 is 6.18 Å². The Balaban J connectivity index is 1.37. The summed E-state index contributed by atoms with van der Waals surface area (Å²) in [5.41, 5.74) is 9.64. The fraction of sp³-hybridized carbons (Fsp3) is 0.467. The van der Waals surface area contributed by atoms with E-state index in [9.17, 15) is 18.0 Å². The number of carbonyl (C=O) groups is 1. The van der Waals surface area contributed by atoms with E-state index in [1.165, 1.54) is 12.3 Å². The Bertz CT molecular complexity index is 1320. The number of pyridine rings is 3. The van der Waals surface area contributed by atoms with Crippen LogP contribution in [-0.2, 0) is 12.7 Å². The normalized spacial score (nSPS) is 15.5. The molecule has 1 saturated heterocycles. The summed E-state index contributed by atoms with van der Waals surface area (Å²) in [6.45, 7) is 10.6. The first-order chi connectivity index (χ1) is 19.4. The Morgan fingerprint density at radius 2 is 1.88 bits per heavy atom. The fourth-order valence-corrected chi connectivity index (χ4v) is 5.51. The number of rotatable bonds is 9. The molecule has 0 bridgehead atoms. The van der Waals surface area contributed by atoms with Gasteiger partial charge in [-0.25, -0.2) is 9.97 Å². The van der Waals surface area contributed by atoms with Crippen LogP contribution in [-0.4, -0.2) is 57.5 Å². The van der Waals surface area contributed by atoms with Crippen molar-refractivity contribution in [1.82, 2.24) is 25.2 Å². The summed E-state index contributed by atoms with van der Waals surface area (Å²) in [4.78, 5) is 29.5. The molecule has 0 spiro atoms. The number of nitrogens with two attached hydrogens (primary N) is 1. The molecule has 1 fully saturated rings. The summed E-state index contributed by atoms with van der Waals surface area (Å²) in [6.07, 6.45) is 2.90. The van der Waals surface area contributed by atoms with Crippen molar-refractivity contribution in [3.05, 3.63) is 76.5 Å². The van der Waals surface area contributed by atoms with Gasteiger partial charge in [-0.2, -0.15) is 13.2 Å². The van der Waals surface area contributed by atoms with E-state index in [-0.39, 0.29) is 18.0 Å². The summed E-state index contributed by atoms with van der Waals surface area (Å²) in [6, 6.07) is 6.60. The molecule has 1 amide bonds. The zero-order valence-corrected chi connectivity index (χ0v) is 24.0. The fourth-order valence-electron chi connectivity index (χ4n) is 5.51. The quantitative estimate of drug-likeness (QED) is 0.371. The molecule has 11 heteroatoms. The van der Waals surface area contributed by atoms with E-state index >= 15 is 0 Å². The van der Waals surface area contributed by atoms with Gasteiger partial charge in [-0.1, -0.05) is 0 Å². The zero-order chi connectivity index (χ0) is 29.7. The van der Waals surface area contributed by atoms with Gasteiger partial charge in [0.2, 0.25) is 0 Å². The summed E-state index contributed by atoms with van der Waals surface area (Å²) in [7, 11) is 0. The first-order valence-electron chi connectivity index (χ1n) is 13.9. The van der Waals surface area contributed by atoms with Crippen molar-refractivity contribution in [1.29, 1.82) is 0 Å². The van der Waals surface area contributed by atoms with Crippen LogP contribution in [0, 0.1) is 20.8 Å². The molecule has 1 aliphatic rings.